The number of hydrogen-bond donors (Lipinski definition) is 1. The molecule has 3 aromatic heterocycles. The van der Waals surface area contributed by atoms with Crippen molar-refractivity contribution in [3.8, 4) is 5.75 Å². The number of aromatic nitrogens is 5. The van der Waals surface area contributed by atoms with Crippen molar-refractivity contribution in [2.45, 2.75) is 19.6 Å². The third-order valence-electron chi connectivity index (χ3n) is 4.22. The molecule has 4 rings (SSSR count). The fourth-order valence-corrected chi connectivity index (χ4v) is 3.03. The highest BCUT2D eigenvalue weighted by molar-refractivity contribution is 9.10. The molecular weight excluding hydrogens is 500 g/mol. The zero-order valence-corrected chi connectivity index (χ0v) is 17.5. The zero-order valence-electron chi connectivity index (χ0n) is 15.9. The van der Waals surface area contributed by atoms with Gasteiger partial charge in [-0.25, -0.2) is 31.7 Å². The Balaban J connectivity index is 1.48. The van der Waals surface area contributed by atoms with E-state index in [1.165, 1.54) is 17.1 Å². The molecule has 3 heterocycles. The number of nitrogens with zero attached hydrogens (tertiary/aromatic N) is 5. The van der Waals surface area contributed by atoms with E-state index in [4.69, 9.17) is 4.74 Å². The first-order valence-corrected chi connectivity index (χ1v) is 9.78. The average Bonchev–Trinajstić information content (AvgIpc) is 3.39. The number of alkyl halides is 4. The van der Waals surface area contributed by atoms with Crippen LogP contribution in [0.25, 0.3) is 5.65 Å². The van der Waals surface area contributed by atoms with Crippen LogP contribution in [0.3, 0.4) is 0 Å². The standard InChI is InChI=1S/C19H13BrF4N6O2/c20-10-1-3-12(4-2-10)32-9-29-8-11(7-25-29)26-19(31)14-6-16-27-13(17(21)22)5-15(18(23)24)30(16)28-14/h1-8,17-18H,9H2,(H,26,31). The number of halogens is 5. The van der Waals surface area contributed by atoms with Gasteiger partial charge in [0, 0.05) is 10.5 Å². The van der Waals surface area contributed by atoms with Crippen molar-refractivity contribution in [1.82, 2.24) is 24.4 Å². The van der Waals surface area contributed by atoms with Crippen molar-refractivity contribution in [3.05, 3.63) is 70.3 Å². The van der Waals surface area contributed by atoms with Gasteiger partial charge in [0.25, 0.3) is 18.8 Å². The molecule has 0 saturated carbocycles. The van der Waals surface area contributed by atoms with Gasteiger partial charge in [-0.1, -0.05) is 15.9 Å². The maximum Gasteiger partial charge on any atom is 0.280 e. The van der Waals surface area contributed by atoms with Crippen molar-refractivity contribution in [2.24, 2.45) is 0 Å². The summed E-state index contributed by atoms with van der Waals surface area (Å²) in [5, 5.41) is 10.3. The summed E-state index contributed by atoms with van der Waals surface area (Å²) in [4.78, 5) is 16.1. The predicted molar refractivity (Wildman–Crippen MR) is 108 cm³/mol. The Morgan fingerprint density at radius 1 is 1.12 bits per heavy atom. The molecule has 13 heteroatoms. The molecule has 0 fully saturated rings. The van der Waals surface area contributed by atoms with Gasteiger partial charge in [-0.2, -0.15) is 10.2 Å². The van der Waals surface area contributed by atoms with Crippen LogP contribution in [-0.2, 0) is 6.73 Å². The van der Waals surface area contributed by atoms with E-state index in [9.17, 15) is 22.4 Å². The minimum absolute atomic E-state index is 0.0734. The van der Waals surface area contributed by atoms with Gasteiger partial charge in [-0.3, -0.25) is 4.79 Å². The second kappa shape index (κ2) is 8.94. The van der Waals surface area contributed by atoms with Crippen LogP contribution in [-0.4, -0.2) is 30.3 Å². The van der Waals surface area contributed by atoms with Gasteiger partial charge in [0.1, 0.15) is 17.1 Å². The molecule has 0 spiro atoms. The van der Waals surface area contributed by atoms with Gasteiger partial charge in [-0.05, 0) is 30.3 Å². The summed E-state index contributed by atoms with van der Waals surface area (Å²) in [6.07, 6.45) is -3.28. The highest BCUT2D eigenvalue weighted by Crippen LogP contribution is 2.25. The molecule has 0 atom stereocenters. The summed E-state index contributed by atoms with van der Waals surface area (Å²) in [6, 6.07) is 8.78. The third-order valence-corrected chi connectivity index (χ3v) is 4.75. The first kappa shape index (κ1) is 21.7. The number of amides is 1. The lowest BCUT2D eigenvalue weighted by Crippen LogP contribution is -2.13. The summed E-state index contributed by atoms with van der Waals surface area (Å²) >= 11 is 3.32. The van der Waals surface area contributed by atoms with Crippen LogP contribution in [0.1, 0.15) is 34.7 Å². The minimum atomic E-state index is -3.09. The minimum Gasteiger partial charge on any atom is -0.471 e. The van der Waals surface area contributed by atoms with E-state index in [0.29, 0.717) is 22.0 Å². The average molecular weight is 513 g/mol. The molecule has 1 N–H and O–H groups in total. The van der Waals surface area contributed by atoms with Crippen LogP contribution in [0.4, 0.5) is 23.2 Å². The fraction of sp³-hybridized carbons (Fsp3) is 0.158. The number of ether oxygens (including phenoxy) is 1. The number of carbonyl (C=O) groups excluding carboxylic acids is 1. The van der Waals surface area contributed by atoms with Crippen LogP contribution >= 0.6 is 15.9 Å². The van der Waals surface area contributed by atoms with Gasteiger partial charge in [0.15, 0.2) is 18.1 Å². The Bertz CT molecular complexity index is 1260. The number of anilines is 1. The van der Waals surface area contributed by atoms with Gasteiger partial charge in [-0.15, -0.1) is 0 Å². The Morgan fingerprint density at radius 3 is 2.56 bits per heavy atom. The van der Waals surface area contributed by atoms with Crippen LogP contribution < -0.4 is 10.1 Å². The molecule has 0 aliphatic heterocycles. The number of fused-ring (bicyclic) bond motifs is 1. The van der Waals surface area contributed by atoms with Crippen LogP contribution in [0.15, 0.2) is 53.3 Å². The van der Waals surface area contributed by atoms with E-state index in [1.54, 1.807) is 12.1 Å². The van der Waals surface area contributed by atoms with Gasteiger partial charge in [0.05, 0.1) is 18.1 Å². The first-order valence-electron chi connectivity index (χ1n) is 8.99. The highest BCUT2D eigenvalue weighted by atomic mass is 79.9. The second-order valence-corrected chi connectivity index (χ2v) is 7.37. The van der Waals surface area contributed by atoms with Gasteiger partial charge < -0.3 is 10.1 Å². The Labute approximate surface area is 185 Å². The summed E-state index contributed by atoms with van der Waals surface area (Å²) in [7, 11) is 0. The normalized spacial score (nSPS) is 11.5. The van der Waals surface area contributed by atoms with Crippen LogP contribution in [0.2, 0.25) is 0 Å². The maximum absolute atomic E-state index is 13.3. The van der Waals surface area contributed by atoms with Gasteiger partial charge in [0.2, 0.25) is 0 Å². The van der Waals surface area contributed by atoms with Gasteiger partial charge >= 0.3 is 0 Å². The lowest BCUT2D eigenvalue weighted by atomic mass is 10.3. The molecular formula is C19H13BrF4N6O2. The molecule has 1 amide bonds. The van der Waals surface area contributed by atoms with Crippen molar-refractivity contribution in [1.29, 1.82) is 0 Å². The summed E-state index contributed by atoms with van der Waals surface area (Å²) in [5.74, 6) is -0.132. The van der Waals surface area contributed by atoms with E-state index < -0.39 is 30.1 Å². The molecule has 0 radical (unpaired) electrons. The smallest absolute Gasteiger partial charge is 0.280 e. The summed E-state index contributed by atoms with van der Waals surface area (Å²) in [6.45, 7) is 0.0734. The molecule has 166 valence electrons. The highest BCUT2D eigenvalue weighted by Gasteiger charge is 2.22. The molecule has 0 saturated heterocycles. The molecule has 0 aliphatic carbocycles. The molecule has 1 aromatic carbocycles. The number of benzene rings is 1. The first-order chi connectivity index (χ1) is 15.3. The fourth-order valence-electron chi connectivity index (χ4n) is 2.76. The molecule has 0 unspecified atom stereocenters. The predicted octanol–water partition coefficient (Wildman–Crippen LogP) is 4.85. The molecule has 0 bridgehead atoms. The lowest BCUT2D eigenvalue weighted by molar-refractivity contribution is 0.102. The topological polar surface area (TPSA) is 86.3 Å². The van der Waals surface area contributed by atoms with Crippen molar-refractivity contribution >= 4 is 33.2 Å². The SMILES string of the molecule is O=C(Nc1cnn(COc2ccc(Br)cc2)c1)c1cc2nc(C(F)F)cc(C(F)F)n2n1. The second-order valence-electron chi connectivity index (χ2n) is 6.46. The van der Waals surface area contributed by atoms with E-state index in [2.05, 4.69) is 36.4 Å². The Kier molecular flexibility index (Phi) is 6.08. The van der Waals surface area contributed by atoms with Crippen molar-refractivity contribution < 1.29 is 27.1 Å². The molecule has 32 heavy (non-hydrogen) atoms. The summed E-state index contributed by atoms with van der Waals surface area (Å²) in [5.41, 5.74) is -1.89. The van der Waals surface area contributed by atoms with Crippen molar-refractivity contribution in [2.75, 3.05) is 5.32 Å². The van der Waals surface area contributed by atoms with E-state index in [1.807, 2.05) is 12.1 Å². The number of rotatable bonds is 7. The van der Waals surface area contributed by atoms with Crippen LogP contribution in [0, 0.1) is 0 Å². The Hall–Kier alpha value is -3.48. The Morgan fingerprint density at radius 2 is 1.88 bits per heavy atom. The van der Waals surface area contributed by atoms with E-state index in [0.717, 1.165) is 10.5 Å². The lowest BCUT2D eigenvalue weighted by Gasteiger charge is -2.06. The quantitative estimate of drug-likeness (QED) is 0.357. The molecule has 8 nitrogen and oxygen atoms in total. The van der Waals surface area contributed by atoms with Crippen LogP contribution in [0.5, 0.6) is 5.75 Å². The van der Waals surface area contributed by atoms with Crippen molar-refractivity contribution in [3.63, 3.8) is 0 Å². The molecule has 4 aromatic rings. The number of nitrogens with one attached hydrogen (secondary N) is 1. The largest absolute Gasteiger partial charge is 0.471 e. The zero-order chi connectivity index (χ0) is 22.8. The van der Waals surface area contributed by atoms with E-state index >= 15 is 0 Å². The maximum atomic E-state index is 13.3. The number of carbonyl (C=O) groups is 1. The summed E-state index contributed by atoms with van der Waals surface area (Å²) < 4.78 is 61.0. The molecule has 0 aliphatic rings. The monoisotopic (exact) mass is 512 g/mol. The van der Waals surface area contributed by atoms with E-state index in [-0.39, 0.29) is 18.1 Å². The number of hydrogen-bond acceptors (Lipinski definition) is 5. The third kappa shape index (κ3) is 4.72.